The molecule has 1 saturated heterocycles. The smallest absolute Gasteiger partial charge is 0.230 e. The van der Waals surface area contributed by atoms with E-state index in [1.165, 1.54) is 37.5 Å². The number of rotatable bonds is 5. The Kier molecular flexibility index (Phi) is 5.81. The van der Waals surface area contributed by atoms with Crippen LogP contribution >= 0.6 is 22.9 Å². The van der Waals surface area contributed by atoms with Crippen LogP contribution in [0.15, 0.2) is 23.6 Å². The molecule has 0 spiro atoms. The third-order valence-electron chi connectivity index (χ3n) is 3.95. The predicted octanol–water partition coefficient (Wildman–Crippen LogP) is 4.10. The highest BCUT2D eigenvalue weighted by molar-refractivity contribution is 7.09. The van der Waals surface area contributed by atoms with E-state index in [9.17, 15) is 9.18 Å². The van der Waals surface area contributed by atoms with Gasteiger partial charge in [-0.1, -0.05) is 18.0 Å². The van der Waals surface area contributed by atoms with Crippen molar-refractivity contribution in [2.75, 3.05) is 18.4 Å². The molecule has 24 heavy (non-hydrogen) atoms. The summed E-state index contributed by atoms with van der Waals surface area (Å²) >= 11 is 7.30. The van der Waals surface area contributed by atoms with Gasteiger partial charge in [0.05, 0.1) is 23.7 Å². The molecule has 1 aromatic heterocycles. The van der Waals surface area contributed by atoms with E-state index in [2.05, 4.69) is 15.2 Å². The number of hydrogen-bond donors (Lipinski definition) is 1. The molecule has 1 aliphatic heterocycles. The van der Waals surface area contributed by atoms with Crippen LogP contribution in [0.2, 0.25) is 5.02 Å². The minimum atomic E-state index is -0.503. The summed E-state index contributed by atoms with van der Waals surface area (Å²) in [5.74, 6) is -0.691. The molecule has 0 bridgehead atoms. The lowest BCUT2D eigenvalue weighted by molar-refractivity contribution is -0.115. The molecule has 1 N–H and O–H groups in total. The molecule has 128 valence electrons. The van der Waals surface area contributed by atoms with Crippen LogP contribution in [0.3, 0.4) is 0 Å². The number of nitrogens with one attached hydrogen (secondary N) is 1. The van der Waals surface area contributed by atoms with Crippen molar-refractivity contribution in [1.82, 2.24) is 9.88 Å². The average Bonchev–Trinajstić information content (AvgIpc) is 2.99. The highest BCUT2D eigenvalue weighted by Crippen LogP contribution is 2.20. The number of anilines is 1. The summed E-state index contributed by atoms with van der Waals surface area (Å²) in [4.78, 5) is 19.0. The summed E-state index contributed by atoms with van der Waals surface area (Å²) in [7, 11) is 0. The minimum absolute atomic E-state index is 0.00900. The fourth-order valence-electron chi connectivity index (χ4n) is 2.76. The molecule has 0 unspecified atom stereocenters. The van der Waals surface area contributed by atoms with E-state index < -0.39 is 5.82 Å². The normalized spacial score (nSPS) is 15.4. The van der Waals surface area contributed by atoms with Gasteiger partial charge in [-0.25, -0.2) is 9.37 Å². The van der Waals surface area contributed by atoms with Gasteiger partial charge in [-0.3, -0.25) is 9.69 Å². The lowest BCUT2D eigenvalue weighted by atomic mass is 10.1. The van der Waals surface area contributed by atoms with Gasteiger partial charge in [0.2, 0.25) is 5.91 Å². The minimum Gasteiger partial charge on any atom is -0.326 e. The number of likely N-dealkylation sites (tertiary alicyclic amines) is 1. The van der Waals surface area contributed by atoms with E-state index in [1.807, 2.05) is 5.38 Å². The number of carbonyl (C=O) groups is 1. The molecule has 0 saturated carbocycles. The molecule has 0 aliphatic carbocycles. The highest BCUT2D eigenvalue weighted by atomic mass is 35.5. The molecule has 1 fully saturated rings. The molecule has 1 aromatic carbocycles. The lowest BCUT2D eigenvalue weighted by Gasteiger charge is -2.25. The zero-order valence-electron chi connectivity index (χ0n) is 13.2. The predicted molar refractivity (Wildman–Crippen MR) is 95.0 cm³/mol. The molecule has 0 radical (unpaired) electrons. The van der Waals surface area contributed by atoms with Crippen molar-refractivity contribution in [3.05, 3.63) is 45.1 Å². The largest absolute Gasteiger partial charge is 0.326 e. The number of thiazole rings is 1. The topological polar surface area (TPSA) is 45.2 Å². The quantitative estimate of drug-likeness (QED) is 0.865. The molecule has 2 aromatic rings. The zero-order chi connectivity index (χ0) is 16.9. The van der Waals surface area contributed by atoms with Gasteiger partial charge in [-0.05, 0) is 44.1 Å². The van der Waals surface area contributed by atoms with E-state index in [-0.39, 0.29) is 17.4 Å². The van der Waals surface area contributed by atoms with Crippen molar-refractivity contribution in [3.63, 3.8) is 0 Å². The second kappa shape index (κ2) is 8.05. The number of carbonyl (C=O) groups excluding carboxylic acids is 1. The Bertz CT molecular complexity index is 716. The number of hydrogen-bond acceptors (Lipinski definition) is 4. The van der Waals surface area contributed by atoms with Crippen LogP contribution in [0.1, 0.15) is 30.0 Å². The number of benzene rings is 1. The number of nitrogens with zero attached hydrogens (tertiary/aromatic N) is 2. The Balaban J connectivity index is 1.53. The van der Waals surface area contributed by atoms with Gasteiger partial charge >= 0.3 is 0 Å². The highest BCUT2D eigenvalue weighted by Gasteiger charge is 2.14. The first-order valence-electron chi connectivity index (χ1n) is 8.01. The fraction of sp³-hybridized carbons (Fsp3) is 0.412. The Morgan fingerprint density at radius 3 is 2.88 bits per heavy atom. The number of piperidine rings is 1. The van der Waals surface area contributed by atoms with Gasteiger partial charge in [-0.2, -0.15) is 0 Å². The summed E-state index contributed by atoms with van der Waals surface area (Å²) in [5, 5.41) is 5.68. The Labute approximate surface area is 149 Å². The zero-order valence-corrected chi connectivity index (χ0v) is 14.8. The van der Waals surface area contributed by atoms with E-state index >= 15 is 0 Å². The first-order valence-corrected chi connectivity index (χ1v) is 9.26. The van der Waals surface area contributed by atoms with Crippen molar-refractivity contribution in [1.29, 1.82) is 0 Å². The number of halogens is 2. The van der Waals surface area contributed by atoms with Gasteiger partial charge in [0.15, 0.2) is 0 Å². The lowest BCUT2D eigenvalue weighted by Crippen LogP contribution is -2.29. The molecule has 0 atom stereocenters. The van der Waals surface area contributed by atoms with E-state index in [0.717, 1.165) is 30.3 Å². The standard InChI is InChI=1S/C17H19ClFN3OS/c18-14-8-12(4-5-15(14)19)20-16(23)9-13-11-24-17(21-13)10-22-6-2-1-3-7-22/h4-5,8,11H,1-3,6-7,9-10H2,(H,20,23). The molecule has 1 amide bonds. The molecule has 7 heteroatoms. The maximum atomic E-state index is 13.1. The van der Waals surface area contributed by atoms with Crippen molar-refractivity contribution in [2.24, 2.45) is 0 Å². The summed E-state index contributed by atoms with van der Waals surface area (Å²) < 4.78 is 13.1. The molecule has 3 rings (SSSR count). The maximum Gasteiger partial charge on any atom is 0.230 e. The third-order valence-corrected chi connectivity index (χ3v) is 5.12. The summed E-state index contributed by atoms with van der Waals surface area (Å²) in [5.41, 5.74) is 1.24. The van der Waals surface area contributed by atoms with Gasteiger partial charge in [-0.15, -0.1) is 11.3 Å². The van der Waals surface area contributed by atoms with Crippen molar-refractivity contribution in [3.8, 4) is 0 Å². The van der Waals surface area contributed by atoms with Gasteiger partial charge in [0.1, 0.15) is 10.8 Å². The Morgan fingerprint density at radius 2 is 2.12 bits per heavy atom. The Morgan fingerprint density at radius 1 is 1.33 bits per heavy atom. The van der Waals surface area contributed by atoms with Crippen LogP contribution in [0, 0.1) is 5.82 Å². The molecule has 4 nitrogen and oxygen atoms in total. The van der Waals surface area contributed by atoms with Crippen LogP contribution in [-0.4, -0.2) is 28.9 Å². The van der Waals surface area contributed by atoms with Gasteiger partial charge in [0.25, 0.3) is 0 Å². The van der Waals surface area contributed by atoms with Crippen LogP contribution in [0.5, 0.6) is 0 Å². The van der Waals surface area contributed by atoms with Crippen molar-refractivity contribution < 1.29 is 9.18 Å². The van der Waals surface area contributed by atoms with Crippen LogP contribution in [0.25, 0.3) is 0 Å². The summed E-state index contributed by atoms with van der Waals surface area (Å²) in [6.07, 6.45) is 4.01. The molecular formula is C17H19ClFN3OS. The second-order valence-corrected chi connectivity index (χ2v) is 7.27. The number of aromatic nitrogens is 1. The van der Waals surface area contributed by atoms with Crippen LogP contribution < -0.4 is 5.32 Å². The van der Waals surface area contributed by atoms with Crippen LogP contribution in [0.4, 0.5) is 10.1 Å². The fourth-order valence-corrected chi connectivity index (χ4v) is 3.77. The van der Waals surface area contributed by atoms with Gasteiger partial charge in [0, 0.05) is 11.1 Å². The van der Waals surface area contributed by atoms with E-state index in [4.69, 9.17) is 11.6 Å². The first kappa shape index (κ1) is 17.3. The monoisotopic (exact) mass is 367 g/mol. The van der Waals surface area contributed by atoms with Crippen LogP contribution in [-0.2, 0) is 17.8 Å². The Hall–Kier alpha value is -1.50. The molecule has 2 heterocycles. The van der Waals surface area contributed by atoms with Crippen molar-refractivity contribution >= 4 is 34.5 Å². The van der Waals surface area contributed by atoms with E-state index in [0.29, 0.717) is 5.69 Å². The first-order chi connectivity index (χ1) is 11.6. The summed E-state index contributed by atoms with van der Waals surface area (Å²) in [6, 6.07) is 4.12. The molecular weight excluding hydrogens is 349 g/mol. The third kappa shape index (κ3) is 4.75. The number of amides is 1. The average molecular weight is 368 g/mol. The van der Waals surface area contributed by atoms with E-state index in [1.54, 1.807) is 11.3 Å². The molecule has 1 aliphatic rings. The van der Waals surface area contributed by atoms with Crippen molar-refractivity contribution in [2.45, 2.75) is 32.2 Å². The van der Waals surface area contributed by atoms with Gasteiger partial charge < -0.3 is 5.32 Å². The second-order valence-electron chi connectivity index (χ2n) is 5.92. The maximum absolute atomic E-state index is 13.1. The summed E-state index contributed by atoms with van der Waals surface area (Å²) in [6.45, 7) is 3.11. The SMILES string of the molecule is O=C(Cc1csc(CN2CCCCC2)n1)Nc1ccc(F)c(Cl)c1.